The Morgan fingerprint density at radius 3 is 0.868 bits per heavy atom. The maximum Gasteiger partial charge on any atom is 0.310 e. The van der Waals surface area contributed by atoms with Gasteiger partial charge in [0.05, 0.1) is 6.42 Å². The zero-order valence-electron chi connectivity index (χ0n) is 50.3. The van der Waals surface area contributed by atoms with Gasteiger partial charge in [0.25, 0.3) is 0 Å². The van der Waals surface area contributed by atoms with Gasteiger partial charge in [-0.1, -0.05) is 311 Å². The van der Waals surface area contributed by atoms with Crippen molar-refractivity contribution in [2.75, 3.05) is 13.2 Å². The standard InChI is InChI=1S/C70H122O6/c1-4-7-10-13-16-19-22-24-26-27-28-29-30-31-32-33-34-35-36-37-38-39-40-41-42-43-45-46-48-51-54-57-60-63-69(72)75-66-67(65-74-68(71)62-59-56-53-50-21-18-15-12-9-6-3)76-70(73)64-61-58-55-52-49-47-44-25-23-20-17-14-11-8-5-2/h8,11,17,20,22,24-25,27-28,44,49,52,58,61,67H,4-7,9-10,12-16,18-19,21,23,26,29-43,45-48,50-51,53-57,59-60,62-66H2,1-3H3/b11-8-,20-17-,24-22-,28-27-,44-25-,52-49-,61-58-. The predicted molar refractivity (Wildman–Crippen MR) is 330 cm³/mol. The Bertz CT molecular complexity index is 1450. The van der Waals surface area contributed by atoms with E-state index >= 15 is 0 Å². The summed E-state index contributed by atoms with van der Waals surface area (Å²) in [6, 6.07) is 0. The Balaban J connectivity index is 4.11. The molecule has 0 aliphatic rings. The second-order valence-electron chi connectivity index (χ2n) is 21.7. The number of rotatable bonds is 59. The highest BCUT2D eigenvalue weighted by Crippen LogP contribution is 2.17. The molecule has 0 bridgehead atoms. The van der Waals surface area contributed by atoms with Crippen LogP contribution in [0.2, 0.25) is 0 Å². The summed E-state index contributed by atoms with van der Waals surface area (Å²) in [5, 5.41) is 0. The number of hydrogen-bond acceptors (Lipinski definition) is 6. The van der Waals surface area contributed by atoms with Crippen molar-refractivity contribution >= 4 is 17.9 Å². The molecule has 0 spiro atoms. The Kier molecular flexibility index (Phi) is 61.2. The van der Waals surface area contributed by atoms with E-state index in [0.717, 1.165) is 77.0 Å². The third kappa shape index (κ3) is 61.4. The molecule has 0 N–H and O–H groups in total. The summed E-state index contributed by atoms with van der Waals surface area (Å²) >= 11 is 0. The molecule has 6 nitrogen and oxygen atoms in total. The smallest absolute Gasteiger partial charge is 0.310 e. The van der Waals surface area contributed by atoms with Crippen LogP contribution in [0.5, 0.6) is 0 Å². The van der Waals surface area contributed by atoms with Gasteiger partial charge in [-0.05, 0) is 77.0 Å². The van der Waals surface area contributed by atoms with Gasteiger partial charge in [-0.3, -0.25) is 14.4 Å². The molecule has 76 heavy (non-hydrogen) atoms. The summed E-state index contributed by atoms with van der Waals surface area (Å²) in [4.78, 5) is 38.1. The van der Waals surface area contributed by atoms with Gasteiger partial charge in [-0.2, -0.15) is 0 Å². The number of hydrogen-bond donors (Lipinski definition) is 0. The van der Waals surface area contributed by atoms with Gasteiger partial charge in [0, 0.05) is 12.8 Å². The minimum Gasteiger partial charge on any atom is -0.462 e. The van der Waals surface area contributed by atoms with E-state index in [1.54, 1.807) is 6.08 Å². The van der Waals surface area contributed by atoms with Crippen molar-refractivity contribution < 1.29 is 28.6 Å². The fraction of sp³-hybridized carbons (Fsp3) is 0.757. The molecule has 0 rings (SSSR count). The van der Waals surface area contributed by atoms with Crippen LogP contribution in [0.3, 0.4) is 0 Å². The van der Waals surface area contributed by atoms with Crippen LogP contribution in [0, 0.1) is 0 Å². The maximum atomic E-state index is 12.8. The van der Waals surface area contributed by atoms with E-state index in [2.05, 4.69) is 93.7 Å². The highest BCUT2D eigenvalue weighted by atomic mass is 16.6. The molecule has 438 valence electrons. The van der Waals surface area contributed by atoms with E-state index < -0.39 is 12.1 Å². The molecule has 1 atom stereocenters. The van der Waals surface area contributed by atoms with Gasteiger partial charge >= 0.3 is 17.9 Å². The van der Waals surface area contributed by atoms with Crippen LogP contribution < -0.4 is 0 Å². The van der Waals surface area contributed by atoms with E-state index in [0.29, 0.717) is 12.8 Å². The summed E-state index contributed by atoms with van der Waals surface area (Å²) in [5.74, 6) is -1.03. The number of carbonyl (C=O) groups excluding carboxylic acids is 3. The largest absolute Gasteiger partial charge is 0.462 e. The SMILES string of the molecule is CC/C=C\C/C=C\C/C=C\C/C=C\C/C=C\CC(=O)OC(COC(=O)CCCCCCCCCCCC)COC(=O)CCCCCCCCCCCCCCCCCCCCCCC/C=C\C/C=C\CCCCCCC. The van der Waals surface area contributed by atoms with Crippen molar-refractivity contribution in [3.8, 4) is 0 Å². The van der Waals surface area contributed by atoms with Crippen LogP contribution in [0.4, 0.5) is 0 Å². The Labute approximate surface area is 471 Å². The molecule has 0 aromatic carbocycles. The van der Waals surface area contributed by atoms with E-state index in [1.807, 2.05) is 6.08 Å². The van der Waals surface area contributed by atoms with E-state index in [1.165, 1.54) is 205 Å². The molecule has 0 amide bonds. The number of ether oxygens (including phenoxy) is 3. The minimum absolute atomic E-state index is 0.0996. The first-order valence-corrected chi connectivity index (χ1v) is 32.6. The van der Waals surface area contributed by atoms with Crippen LogP contribution in [-0.2, 0) is 28.6 Å². The van der Waals surface area contributed by atoms with Crippen molar-refractivity contribution in [2.45, 2.75) is 329 Å². The average molecular weight is 1060 g/mol. The molecule has 0 aromatic heterocycles. The van der Waals surface area contributed by atoms with Gasteiger partial charge < -0.3 is 14.2 Å². The van der Waals surface area contributed by atoms with Crippen LogP contribution in [0.15, 0.2) is 85.1 Å². The van der Waals surface area contributed by atoms with Gasteiger partial charge in [0.1, 0.15) is 13.2 Å². The molecule has 0 saturated heterocycles. The first kappa shape index (κ1) is 72.6. The first-order chi connectivity index (χ1) is 37.5. The third-order valence-corrected chi connectivity index (χ3v) is 14.2. The molecule has 0 aliphatic heterocycles. The van der Waals surface area contributed by atoms with Crippen molar-refractivity contribution in [1.82, 2.24) is 0 Å². The molecule has 0 fully saturated rings. The van der Waals surface area contributed by atoms with Crippen LogP contribution >= 0.6 is 0 Å². The van der Waals surface area contributed by atoms with E-state index in [4.69, 9.17) is 14.2 Å². The zero-order chi connectivity index (χ0) is 55.0. The quantitative estimate of drug-likeness (QED) is 0.0261. The minimum atomic E-state index is -0.827. The Morgan fingerprint density at radius 1 is 0.289 bits per heavy atom. The average Bonchev–Trinajstić information content (AvgIpc) is 3.42. The zero-order valence-corrected chi connectivity index (χ0v) is 50.3. The van der Waals surface area contributed by atoms with Gasteiger partial charge in [-0.15, -0.1) is 0 Å². The van der Waals surface area contributed by atoms with Crippen molar-refractivity contribution in [3.05, 3.63) is 85.1 Å². The van der Waals surface area contributed by atoms with Crippen LogP contribution in [0.1, 0.15) is 323 Å². The lowest BCUT2D eigenvalue weighted by atomic mass is 10.0. The predicted octanol–water partition coefficient (Wildman–Crippen LogP) is 22.3. The van der Waals surface area contributed by atoms with Crippen LogP contribution in [-0.4, -0.2) is 37.2 Å². The third-order valence-electron chi connectivity index (χ3n) is 14.2. The highest BCUT2D eigenvalue weighted by molar-refractivity contribution is 5.72. The van der Waals surface area contributed by atoms with Crippen molar-refractivity contribution in [3.63, 3.8) is 0 Å². The summed E-state index contributed by atoms with van der Waals surface area (Å²) in [6.07, 6.45) is 85.1. The first-order valence-electron chi connectivity index (χ1n) is 32.6. The molecule has 0 saturated carbocycles. The normalized spacial score (nSPS) is 12.6. The van der Waals surface area contributed by atoms with Crippen molar-refractivity contribution in [2.24, 2.45) is 0 Å². The second-order valence-corrected chi connectivity index (χ2v) is 21.7. The molecular formula is C70H122O6. The number of esters is 3. The van der Waals surface area contributed by atoms with Gasteiger partial charge in [0.15, 0.2) is 6.10 Å². The molecule has 0 radical (unpaired) electrons. The topological polar surface area (TPSA) is 78.9 Å². The molecule has 0 aromatic rings. The number of unbranched alkanes of at least 4 members (excludes halogenated alkanes) is 35. The number of carbonyl (C=O) groups is 3. The van der Waals surface area contributed by atoms with E-state index in [9.17, 15) is 14.4 Å². The summed E-state index contributed by atoms with van der Waals surface area (Å²) < 4.78 is 16.7. The van der Waals surface area contributed by atoms with Gasteiger partial charge in [-0.25, -0.2) is 0 Å². The second kappa shape index (κ2) is 64.1. The maximum absolute atomic E-state index is 12.8. The molecule has 0 heterocycles. The summed E-state index contributed by atoms with van der Waals surface area (Å²) in [7, 11) is 0. The van der Waals surface area contributed by atoms with Crippen molar-refractivity contribution in [1.29, 1.82) is 0 Å². The lowest BCUT2D eigenvalue weighted by Gasteiger charge is -2.18. The Hall–Kier alpha value is -3.41. The summed E-state index contributed by atoms with van der Waals surface area (Å²) in [5.41, 5.74) is 0. The molecule has 0 aliphatic carbocycles. The molecule has 1 unspecified atom stereocenters. The monoisotopic (exact) mass is 1060 g/mol. The van der Waals surface area contributed by atoms with Crippen LogP contribution in [0.25, 0.3) is 0 Å². The molecular weight excluding hydrogens is 937 g/mol. The van der Waals surface area contributed by atoms with E-state index in [-0.39, 0.29) is 31.6 Å². The lowest BCUT2D eigenvalue weighted by Crippen LogP contribution is -2.30. The lowest BCUT2D eigenvalue weighted by molar-refractivity contribution is -0.166. The number of allylic oxidation sites excluding steroid dienone is 13. The Morgan fingerprint density at radius 2 is 0.553 bits per heavy atom. The fourth-order valence-electron chi connectivity index (χ4n) is 9.32. The molecule has 6 heteroatoms. The van der Waals surface area contributed by atoms with Gasteiger partial charge in [0.2, 0.25) is 0 Å². The highest BCUT2D eigenvalue weighted by Gasteiger charge is 2.19. The fourth-order valence-corrected chi connectivity index (χ4v) is 9.32. The summed E-state index contributed by atoms with van der Waals surface area (Å²) in [6.45, 7) is 6.44.